The van der Waals surface area contributed by atoms with Crippen molar-refractivity contribution in [3.63, 3.8) is 0 Å². The number of nitrogens with zero attached hydrogens (tertiary/aromatic N) is 5. The minimum atomic E-state index is -0.440. The maximum atomic E-state index is 12.9. The van der Waals surface area contributed by atoms with Crippen molar-refractivity contribution in [2.75, 3.05) is 0 Å². The van der Waals surface area contributed by atoms with Crippen molar-refractivity contribution in [2.45, 2.75) is 144 Å². The van der Waals surface area contributed by atoms with Crippen LogP contribution in [0.4, 0.5) is 5.69 Å². The van der Waals surface area contributed by atoms with Crippen LogP contribution in [0.25, 0.3) is 94.4 Å². The molecule has 0 aliphatic rings. The van der Waals surface area contributed by atoms with E-state index in [0.29, 0.717) is 17.1 Å². The number of rotatable bonds is 9. The van der Waals surface area contributed by atoms with Gasteiger partial charge in [0.25, 0.3) is 0 Å². The normalized spacial score (nSPS) is 12.6. The van der Waals surface area contributed by atoms with Crippen LogP contribution >= 0.6 is 0 Å². The van der Waals surface area contributed by atoms with E-state index in [2.05, 4.69) is 282 Å². The van der Waals surface area contributed by atoms with Crippen molar-refractivity contribution in [1.29, 1.82) is 0 Å². The second kappa shape index (κ2) is 20.0. The van der Waals surface area contributed by atoms with Crippen LogP contribution in [0.2, 0.25) is 0 Å². The minimum Gasteiger partial charge on any atom is -0.507 e. The third kappa shape index (κ3) is 9.99. The molecule has 0 aliphatic heterocycles. The van der Waals surface area contributed by atoms with Crippen LogP contribution in [0.1, 0.15) is 156 Å². The molecule has 0 aliphatic carbocycles. The molecule has 10 rings (SSSR count). The molecule has 0 radical (unpaired) electrons. The van der Waals surface area contributed by atoms with E-state index in [9.17, 15) is 5.11 Å². The summed E-state index contributed by atoms with van der Waals surface area (Å²) in [6.45, 7) is 44.7. The first-order valence-corrected chi connectivity index (χ1v) is 28.1. The highest BCUT2D eigenvalue weighted by Crippen LogP contribution is 2.50. The van der Waals surface area contributed by atoms with E-state index >= 15 is 0 Å². The highest BCUT2D eigenvalue weighted by Gasteiger charge is 2.33. The van der Waals surface area contributed by atoms with Crippen LogP contribution in [-0.2, 0) is 21.7 Å². The monoisotopic (exact) mass is 1040 g/mol. The summed E-state index contributed by atoms with van der Waals surface area (Å²) in [5.41, 5.74) is 19.3. The first kappa shape index (κ1) is 54.3. The largest absolute Gasteiger partial charge is 0.507 e. The molecule has 0 fully saturated rings. The Morgan fingerprint density at radius 2 is 1.01 bits per heavy atom. The number of benzene rings is 8. The molecule has 0 saturated heterocycles. The quantitative estimate of drug-likeness (QED) is 0.147. The van der Waals surface area contributed by atoms with Crippen LogP contribution in [0.15, 0.2) is 158 Å². The third-order valence-corrected chi connectivity index (χ3v) is 15.8. The Labute approximate surface area is 469 Å². The van der Waals surface area contributed by atoms with Crippen LogP contribution in [-0.4, -0.2) is 24.2 Å². The van der Waals surface area contributed by atoms with E-state index in [1.165, 1.54) is 16.7 Å². The molecular weight excluding hydrogens is 963 g/mol. The van der Waals surface area contributed by atoms with Crippen molar-refractivity contribution in [3.05, 3.63) is 203 Å². The molecule has 10 aromatic rings. The smallest absolute Gasteiger partial charge is 0.198 e. The molecule has 0 atom stereocenters. The summed E-state index contributed by atoms with van der Waals surface area (Å²) in [5.74, 6) is 1.90. The van der Waals surface area contributed by atoms with E-state index in [1.807, 2.05) is 0 Å². The maximum Gasteiger partial charge on any atom is 0.198 e. The topological polar surface area (TPSA) is 60.2 Å². The Balaban J connectivity index is 1.34. The zero-order valence-electron chi connectivity index (χ0n) is 49.3. The number of imidazole rings is 2. The maximum absolute atomic E-state index is 12.9. The number of fused-ring (bicyclic) bond motifs is 2. The van der Waals surface area contributed by atoms with Gasteiger partial charge >= 0.3 is 0 Å². The number of hydrogen-bond donors (Lipinski definition) is 1. The van der Waals surface area contributed by atoms with Crippen molar-refractivity contribution >= 4 is 27.8 Å². The van der Waals surface area contributed by atoms with E-state index in [1.54, 1.807) is 0 Å². The van der Waals surface area contributed by atoms with E-state index in [-0.39, 0.29) is 33.8 Å². The summed E-state index contributed by atoms with van der Waals surface area (Å²) in [6, 6.07) is 56.4. The second-order valence-corrected chi connectivity index (χ2v) is 26.4. The van der Waals surface area contributed by atoms with Gasteiger partial charge in [-0.05, 0) is 138 Å². The molecule has 0 spiro atoms. The summed E-state index contributed by atoms with van der Waals surface area (Å²) in [4.78, 5) is 15.8. The van der Waals surface area contributed by atoms with Crippen LogP contribution in [0.3, 0.4) is 0 Å². The minimum absolute atomic E-state index is 0.0802. The highest BCUT2D eigenvalue weighted by molar-refractivity contribution is 6.01. The van der Waals surface area contributed by atoms with E-state index < -0.39 is 5.41 Å². The fourth-order valence-corrected chi connectivity index (χ4v) is 11.3. The zero-order chi connectivity index (χ0) is 56.7. The first-order valence-electron chi connectivity index (χ1n) is 28.1. The van der Waals surface area contributed by atoms with Crippen LogP contribution in [0.5, 0.6) is 5.75 Å². The molecule has 1 N–H and O–H groups in total. The average molecular weight is 1040 g/mol. The summed E-state index contributed by atoms with van der Waals surface area (Å²) in [5, 5.41) is 12.9. The Bertz CT molecular complexity index is 3970. The number of phenols is 1. The van der Waals surface area contributed by atoms with E-state index in [4.69, 9.17) is 16.5 Å². The first-order chi connectivity index (χ1) is 37.3. The summed E-state index contributed by atoms with van der Waals surface area (Å²) in [7, 11) is 0. The molecular formula is C73H77N5O. The van der Waals surface area contributed by atoms with Crippen molar-refractivity contribution in [1.82, 2.24) is 19.1 Å². The second-order valence-electron chi connectivity index (χ2n) is 26.4. The summed E-state index contributed by atoms with van der Waals surface area (Å²) >= 11 is 0. The lowest BCUT2D eigenvalue weighted by Gasteiger charge is -2.28. The number of phenolic OH excluding ortho intramolecular Hbond substituents is 1. The number of aromatic nitrogens is 4. The lowest BCUT2D eigenvalue weighted by molar-refractivity contribution is 0.446. The van der Waals surface area contributed by atoms with Crippen LogP contribution < -0.4 is 0 Å². The molecule has 0 amide bonds. The predicted octanol–water partition coefficient (Wildman–Crippen LogP) is 20.4. The molecule has 0 bridgehead atoms. The molecule has 400 valence electrons. The molecule has 2 aromatic heterocycles. The van der Waals surface area contributed by atoms with E-state index in [0.717, 1.165) is 94.9 Å². The predicted molar refractivity (Wildman–Crippen MR) is 334 cm³/mol. The molecule has 8 aromatic carbocycles. The standard InChI is InChI=1S/C73H77N5O/c1-44(2)53-37-48(46-27-20-18-21-28-46)38-54(45(3)4)66(53)78-63-34-26-31-52(65(63)76-69(78)57-42-51(71(8,9)10)43-59(67(57)79)73(14,15)16)56-39-49(40-58(64(56)74-17)72(11,12)13)68-75-60-32-24-25-33-62(60)77(68)61-36-35-50(70(5,6)7)41-55(61)47-29-22-19-23-30-47/h18-45,79H,1-16H3. The fraction of sp³-hybridized carbons (Fsp3) is 0.301. The average Bonchev–Trinajstić information content (AvgIpc) is 4.23. The lowest BCUT2D eigenvalue weighted by atomic mass is 9.78. The number of para-hydroxylation sites is 3. The molecule has 0 unspecified atom stereocenters. The lowest BCUT2D eigenvalue weighted by Crippen LogP contribution is -2.17. The van der Waals surface area contributed by atoms with Gasteiger partial charge in [-0.25, -0.2) is 14.8 Å². The molecule has 6 heteroatoms. The molecule has 79 heavy (non-hydrogen) atoms. The van der Waals surface area contributed by atoms with Gasteiger partial charge in [0.2, 0.25) is 0 Å². The van der Waals surface area contributed by atoms with Gasteiger partial charge in [-0.1, -0.05) is 220 Å². The summed E-state index contributed by atoms with van der Waals surface area (Å²) < 4.78 is 4.66. The number of hydrogen-bond acceptors (Lipinski definition) is 3. The van der Waals surface area contributed by atoms with Gasteiger partial charge in [-0.2, -0.15) is 0 Å². The molecule has 6 nitrogen and oxygen atoms in total. The zero-order valence-corrected chi connectivity index (χ0v) is 49.3. The van der Waals surface area contributed by atoms with Gasteiger partial charge < -0.3 is 5.11 Å². The van der Waals surface area contributed by atoms with Gasteiger partial charge in [-0.3, -0.25) is 9.13 Å². The fourth-order valence-electron chi connectivity index (χ4n) is 11.3. The number of aromatic hydroxyl groups is 1. The third-order valence-electron chi connectivity index (χ3n) is 15.8. The Kier molecular flexibility index (Phi) is 13.8. The summed E-state index contributed by atoms with van der Waals surface area (Å²) in [6.07, 6.45) is 0. The van der Waals surface area contributed by atoms with Crippen molar-refractivity contribution < 1.29 is 5.11 Å². The SMILES string of the molecule is [C-]#[N+]c1c(-c2cccc3c2nc(-c2cc(C(C)(C)C)cc(C(C)(C)C)c2O)n3-c2c(C(C)C)cc(-c3ccccc3)cc2C(C)C)cc(-c2nc3ccccc3n2-c2ccc(C(C)(C)C)cc2-c2ccccc2)cc1C(C)(C)C. The molecule has 0 saturated carbocycles. The van der Waals surface area contributed by atoms with Crippen LogP contribution in [0, 0.1) is 6.57 Å². The van der Waals surface area contributed by atoms with Gasteiger partial charge in [0.05, 0.1) is 45.6 Å². The Morgan fingerprint density at radius 1 is 0.443 bits per heavy atom. The van der Waals surface area contributed by atoms with Gasteiger partial charge in [0, 0.05) is 16.7 Å². The van der Waals surface area contributed by atoms with Crippen molar-refractivity contribution in [2.24, 2.45) is 0 Å². The van der Waals surface area contributed by atoms with Crippen molar-refractivity contribution in [3.8, 4) is 73.3 Å². The highest BCUT2D eigenvalue weighted by atomic mass is 16.3. The van der Waals surface area contributed by atoms with Gasteiger partial charge in [0.1, 0.15) is 17.4 Å². The Morgan fingerprint density at radius 3 is 1.59 bits per heavy atom. The van der Waals surface area contributed by atoms with Gasteiger partial charge in [-0.15, -0.1) is 0 Å². The molecule has 2 heterocycles. The van der Waals surface area contributed by atoms with Gasteiger partial charge in [0.15, 0.2) is 5.69 Å². The Hall–Kier alpha value is -8.01.